The van der Waals surface area contributed by atoms with Crippen LogP contribution in [0.25, 0.3) is 17.4 Å². The third kappa shape index (κ3) is 4.11. The normalized spacial score (nSPS) is 10.9. The van der Waals surface area contributed by atoms with E-state index in [-0.39, 0.29) is 5.91 Å². The summed E-state index contributed by atoms with van der Waals surface area (Å²) in [5, 5.41) is 8.72. The number of aromatic nitrogens is 1. The fourth-order valence-corrected chi connectivity index (χ4v) is 2.71. The highest BCUT2D eigenvalue weighted by Gasteiger charge is 2.08. The van der Waals surface area contributed by atoms with E-state index in [0.717, 1.165) is 16.2 Å². The lowest BCUT2D eigenvalue weighted by molar-refractivity contribution is -0.116. The van der Waals surface area contributed by atoms with E-state index >= 15 is 0 Å². The second-order valence-corrected chi connectivity index (χ2v) is 5.96. The zero-order valence-corrected chi connectivity index (χ0v) is 13.9. The minimum absolute atomic E-state index is 0.172. The van der Waals surface area contributed by atoms with Gasteiger partial charge in [0.25, 0.3) is 0 Å². The summed E-state index contributed by atoms with van der Waals surface area (Å²) >= 11 is 1.58. The van der Waals surface area contributed by atoms with E-state index in [1.165, 1.54) is 6.08 Å². The summed E-state index contributed by atoms with van der Waals surface area (Å²) in [5.74, 6) is 1.21. The molecule has 1 N–H and O–H groups in total. The molecule has 2 heterocycles. The summed E-state index contributed by atoms with van der Waals surface area (Å²) in [5.41, 5.74) is 1.53. The summed E-state index contributed by atoms with van der Waals surface area (Å²) in [4.78, 5) is 12.8. The largest absolute Gasteiger partial charge is 0.497 e. The van der Waals surface area contributed by atoms with Crippen molar-refractivity contribution in [2.24, 2.45) is 0 Å². The Morgan fingerprint density at radius 3 is 3.04 bits per heavy atom. The summed E-state index contributed by atoms with van der Waals surface area (Å²) in [7, 11) is 1.62. The minimum atomic E-state index is -0.172. The van der Waals surface area contributed by atoms with Gasteiger partial charge in [0.15, 0.2) is 5.76 Å². The lowest BCUT2D eigenvalue weighted by Gasteiger charge is -2.00. The maximum atomic E-state index is 11.8. The highest BCUT2D eigenvalue weighted by molar-refractivity contribution is 7.10. The Morgan fingerprint density at radius 2 is 2.25 bits per heavy atom. The summed E-state index contributed by atoms with van der Waals surface area (Å²) in [6.45, 7) is 0.307. The molecular formula is C18H16N2O3S. The average molecular weight is 340 g/mol. The Morgan fingerprint density at radius 1 is 1.33 bits per heavy atom. The maximum absolute atomic E-state index is 11.8. The maximum Gasteiger partial charge on any atom is 0.244 e. The molecule has 0 bridgehead atoms. The highest BCUT2D eigenvalue weighted by Crippen LogP contribution is 2.24. The number of nitrogens with zero attached hydrogens (tertiary/aromatic N) is 1. The highest BCUT2D eigenvalue weighted by atomic mass is 32.1. The molecule has 1 aromatic carbocycles. The first kappa shape index (κ1) is 16.0. The van der Waals surface area contributed by atoms with Crippen LogP contribution in [0.2, 0.25) is 0 Å². The van der Waals surface area contributed by atoms with Gasteiger partial charge in [-0.15, -0.1) is 11.3 Å². The van der Waals surface area contributed by atoms with E-state index in [0.29, 0.717) is 18.0 Å². The average Bonchev–Trinajstić information content (AvgIpc) is 3.30. The van der Waals surface area contributed by atoms with Crippen molar-refractivity contribution in [2.75, 3.05) is 7.11 Å². The van der Waals surface area contributed by atoms with Crippen molar-refractivity contribution in [3.8, 4) is 17.1 Å². The van der Waals surface area contributed by atoms with Crippen LogP contribution in [-0.2, 0) is 11.3 Å². The van der Waals surface area contributed by atoms with Crippen LogP contribution in [0.5, 0.6) is 5.75 Å². The summed E-state index contributed by atoms with van der Waals surface area (Å²) in [6, 6.07) is 13.2. The number of hydrogen-bond donors (Lipinski definition) is 1. The Balaban J connectivity index is 1.58. The summed E-state index contributed by atoms with van der Waals surface area (Å²) in [6.07, 6.45) is 3.29. The van der Waals surface area contributed by atoms with Crippen LogP contribution in [0.15, 0.2) is 58.4 Å². The van der Waals surface area contributed by atoms with Crippen molar-refractivity contribution in [1.82, 2.24) is 10.5 Å². The van der Waals surface area contributed by atoms with Crippen molar-refractivity contribution in [2.45, 2.75) is 6.54 Å². The van der Waals surface area contributed by atoms with Crippen molar-refractivity contribution < 1.29 is 14.1 Å². The predicted octanol–water partition coefficient (Wildman–Crippen LogP) is 3.74. The second-order valence-electron chi connectivity index (χ2n) is 4.98. The number of thiophene rings is 1. The molecule has 5 nitrogen and oxygen atoms in total. The molecule has 0 saturated heterocycles. The van der Waals surface area contributed by atoms with Crippen LogP contribution in [0.4, 0.5) is 0 Å². The molecule has 122 valence electrons. The molecule has 2 aromatic heterocycles. The van der Waals surface area contributed by atoms with Gasteiger partial charge in [-0.2, -0.15) is 0 Å². The molecule has 0 fully saturated rings. The Labute approximate surface area is 143 Å². The van der Waals surface area contributed by atoms with E-state index in [2.05, 4.69) is 10.5 Å². The topological polar surface area (TPSA) is 64.4 Å². The van der Waals surface area contributed by atoms with Crippen LogP contribution in [0.3, 0.4) is 0 Å². The van der Waals surface area contributed by atoms with E-state index < -0.39 is 0 Å². The number of nitrogens with one attached hydrogen (secondary N) is 1. The van der Waals surface area contributed by atoms with Crippen LogP contribution in [0.1, 0.15) is 10.6 Å². The number of amides is 1. The lowest BCUT2D eigenvalue weighted by atomic mass is 10.1. The number of ether oxygens (including phenoxy) is 1. The van der Waals surface area contributed by atoms with Crippen LogP contribution < -0.4 is 10.1 Å². The second kappa shape index (κ2) is 7.61. The van der Waals surface area contributed by atoms with Gasteiger partial charge in [-0.3, -0.25) is 4.79 Å². The molecule has 3 rings (SSSR count). The van der Waals surface area contributed by atoms with Crippen molar-refractivity contribution in [3.63, 3.8) is 0 Å². The number of benzene rings is 1. The zero-order chi connectivity index (χ0) is 16.8. The Kier molecular flexibility index (Phi) is 5.08. The number of hydrogen-bond acceptors (Lipinski definition) is 5. The van der Waals surface area contributed by atoms with Crippen molar-refractivity contribution >= 4 is 23.3 Å². The van der Waals surface area contributed by atoms with Gasteiger partial charge in [0, 0.05) is 22.6 Å². The van der Waals surface area contributed by atoms with Crippen molar-refractivity contribution in [3.05, 3.63) is 64.5 Å². The fourth-order valence-electron chi connectivity index (χ4n) is 2.09. The first-order valence-electron chi connectivity index (χ1n) is 7.34. The van der Waals surface area contributed by atoms with Gasteiger partial charge in [-0.1, -0.05) is 23.4 Å². The smallest absolute Gasteiger partial charge is 0.244 e. The molecule has 0 aliphatic heterocycles. The SMILES string of the molecule is COc1cccc(-c2cc(CNC(=O)/C=C/c3cccs3)no2)c1. The van der Waals surface area contributed by atoms with E-state index in [1.807, 2.05) is 41.8 Å². The first-order chi connectivity index (χ1) is 11.7. The van der Waals surface area contributed by atoms with Gasteiger partial charge < -0.3 is 14.6 Å². The van der Waals surface area contributed by atoms with Gasteiger partial charge in [-0.05, 0) is 29.7 Å². The molecule has 24 heavy (non-hydrogen) atoms. The van der Waals surface area contributed by atoms with E-state index in [4.69, 9.17) is 9.26 Å². The molecule has 0 spiro atoms. The van der Waals surface area contributed by atoms with Gasteiger partial charge in [-0.25, -0.2) is 0 Å². The standard InChI is InChI=1S/C18H16N2O3S/c1-22-15-5-2-4-13(10-15)17-11-14(20-23-17)12-19-18(21)8-7-16-6-3-9-24-16/h2-11H,12H2,1H3,(H,19,21)/b8-7+. The van der Waals surface area contributed by atoms with E-state index in [9.17, 15) is 4.79 Å². The lowest BCUT2D eigenvalue weighted by Crippen LogP contribution is -2.20. The molecule has 0 atom stereocenters. The fraction of sp³-hybridized carbons (Fsp3) is 0.111. The molecule has 0 radical (unpaired) electrons. The number of methoxy groups -OCH3 is 1. The van der Waals surface area contributed by atoms with Gasteiger partial charge in [0.2, 0.25) is 5.91 Å². The number of carbonyl (C=O) groups excluding carboxylic acids is 1. The van der Waals surface area contributed by atoms with Gasteiger partial charge in [0.05, 0.1) is 13.7 Å². The van der Waals surface area contributed by atoms with Crippen LogP contribution >= 0.6 is 11.3 Å². The van der Waals surface area contributed by atoms with Crippen LogP contribution in [-0.4, -0.2) is 18.2 Å². The molecular weight excluding hydrogens is 324 g/mol. The summed E-state index contributed by atoms with van der Waals surface area (Å²) < 4.78 is 10.5. The predicted molar refractivity (Wildman–Crippen MR) is 93.7 cm³/mol. The molecule has 0 aliphatic carbocycles. The number of rotatable bonds is 6. The van der Waals surface area contributed by atoms with E-state index in [1.54, 1.807) is 30.6 Å². The Hall–Kier alpha value is -2.86. The van der Waals surface area contributed by atoms with Gasteiger partial charge in [0.1, 0.15) is 11.4 Å². The molecule has 0 aliphatic rings. The van der Waals surface area contributed by atoms with Gasteiger partial charge >= 0.3 is 0 Å². The van der Waals surface area contributed by atoms with Crippen LogP contribution in [0, 0.1) is 0 Å². The number of carbonyl (C=O) groups is 1. The molecule has 6 heteroatoms. The first-order valence-corrected chi connectivity index (χ1v) is 8.22. The molecule has 0 unspecified atom stereocenters. The molecule has 3 aromatic rings. The third-order valence-corrected chi connectivity index (χ3v) is 4.14. The Bertz CT molecular complexity index is 838. The third-order valence-electron chi connectivity index (χ3n) is 3.30. The van der Waals surface area contributed by atoms with Crippen molar-refractivity contribution in [1.29, 1.82) is 0 Å². The minimum Gasteiger partial charge on any atom is -0.497 e. The zero-order valence-electron chi connectivity index (χ0n) is 13.1. The molecule has 0 saturated carbocycles. The quantitative estimate of drug-likeness (QED) is 0.694. The monoisotopic (exact) mass is 340 g/mol. The molecule has 1 amide bonds.